The quantitative estimate of drug-likeness (QED) is 0.186. The SMILES string of the molecule is CCCCOCCCNC(=NC)NCC1(CCOCC)CCCC1.I. The molecule has 25 heavy (non-hydrogen) atoms. The van der Waals surface area contributed by atoms with Gasteiger partial charge in [-0.2, -0.15) is 0 Å². The second-order valence-corrected chi connectivity index (χ2v) is 6.83. The van der Waals surface area contributed by atoms with Crippen LogP contribution in [-0.4, -0.2) is 52.5 Å². The van der Waals surface area contributed by atoms with Crippen LogP contribution >= 0.6 is 24.0 Å². The Labute approximate surface area is 172 Å². The van der Waals surface area contributed by atoms with Gasteiger partial charge < -0.3 is 20.1 Å². The first-order chi connectivity index (χ1) is 11.8. The monoisotopic (exact) mass is 469 g/mol. The number of hydrogen-bond donors (Lipinski definition) is 2. The van der Waals surface area contributed by atoms with Gasteiger partial charge in [-0.1, -0.05) is 26.2 Å². The first-order valence-electron chi connectivity index (χ1n) is 9.86. The first-order valence-corrected chi connectivity index (χ1v) is 9.86. The second-order valence-electron chi connectivity index (χ2n) is 6.83. The molecule has 1 saturated carbocycles. The van der Waals surface area contributed by atoms with Crippen molar-refractivity contribution >= 4 is 29.9 Å². The topological polar surface area (TPSA) is 54.9 Å². The molecule has 0 aromatic rings. The number of guanidine groups is 1. The number of unbranched alkanes of at least 4 members (excludes halogenated alkanes) is 1. The van der Waals surface area contributed by atoms with E-state index in [4.69, 9.17) is 9.47 Å². The maximum absolute atomic E-state index is 5.59. The van der Waals surface area contributed by atoms with Crippen LogP contribution in [0.3, 0.4) is 0 Å². The minimum atomic E-state index is 0. The summed E-state index contributed by atoms with van der Waals surface area (Å²) in [5.74, 6) is 0.909. The highest BCUT2D eigenvalue weighted by atomic mass is 127. The number of ether oxygens (including phenoxy) is 2. The van der Waals surface area contributed by atoms with Crippen LogP contribution in [0.1, 0.15) is 65.2 Å². The molecule has 1 fully saturated rings. The summed E-state index contributed by atoms with van der Waals surface area (Å²) in [5, 5.41) is 6.93. The molecule has 0 bridgehead atoms. The van der Waals surface area contributed by atoms with Crippen molar-refractivity contribution in [1.29, 1.82) is 0 Å². The van der Waals surface area contributed by atoms with E-state index in [1.165, 1.54) is 32.1 Å². The van der Waals surface area contributed by atoms with Gasteiger partial charge in [0.1, 0.15) is 0 Å². The molecule has 0 heterocycles. The fourth-order valence-electron chi connectivity index (χ4n) is 3.29. The van der Waals surface area contributed by atoms with Gasteiger partial charge in [-0.3, -0.25) is 4.99 Å². The Morgan fingerprint density at radius 2 is 1.72 bits per heavy atom. The minimum Gasteiger partial charge on any atom is -0.382 e. The van der Waals surface area contributed by atoms with Gasteiger partial charge in [0.05, 0.1) is 0 Å². The smallest absolute Gasteiger partial charge is 0.190 e. The molecule has 2 N–H and O–H groups in total. The van der Waals surface area contributed by atoms with E-state index in [1.807, 2.05) is 7.05 Å². The molecule has 0 aromatic carbocycles. The highest BCUT2D eigenvalue weighted by Crippen LogP contribution is 2.40. The van der Waals surface area contributed by atoms with Gasteiger partial charge in [-0.25, -0.2) is 0 Å². The molecule has 1 rings (SSSR count). The van der Waals surface area contributed by atoms with E-state index in [0.29, 0.717) is 5.41 Å². The third-order valence-corrected chi connectivity index (χ3v) is 4.90. The first kappa shape index (κ1) is 24.9. The molecule has 1 aliphatic rings. The fourth-order valence-corrected chi connectivity index (χ4v) is 3.29. The van der Waals surface area contributed by atoms with Crippen molar-refractivity contribution in [1.82, 2.24) is 10.6 Å². The summed E-state index contributed by atoms with van der Waals surface area (Å²) >= 11 is 0. The van der Waals surface area contributed by atoms with Gasteiger partial charge in [-0.15, -0.1) is 24.0 Å². The van der Waals surface area contributed by atoms with Crippen molar-refractivity contribution in [2.75, 3.05) is 46.6 Å². The van der Waals surface area contributed by atoms with Crippen molar-refractivity contribution in [3.05, 3.63) is 0 Å². The van der Waals surface area contributed by atoms with Gasteiger partial charge in [-0.05, 0) is 44.4 Å². The molecule has 1 aliphatic carbocycles. The van der Waals surface area contributed by atoms with Crippen LogP contribution in [0.4, 0.5) is 0 Å². The van der Waals surface area contributed by atoms with Crippen molar-refractivity contribution in [3.8, 4) is 0 Å². The third-order valence-electron chi connectivity index (χ3n) is 4.90. The molecule has 0 aliphatic heterocycles. The Hall–Kier alpha value is -0.0800. The Morgan fingerprint density at radius 1 is 1.00 bits per heavy atom. The van der Waals surface area contributed by atoms with Crippen molar-refractivity contribution in [2.24, 2.45) is 10.4 Å². The van der Waals surface area contributed by atoms with Gasteiger partial charge in [0, 0.05) is 46.6 Å². The van der Waals surface area contributed by atoms with E-state index in [-0.39, 0.29) is 24.0 Å². The van der Waals surface area contributed by atoms with E-state index in [2.05, 4.69) is 29.5 Å². The van der Waals surface area contributed by atoms with E-state index in [9.17, 15) is 0 Å². The van der Waals surface area contributed by atoms with E-state index < -0.39 is 0 Å². The molecule has 0 aromatic heterocycles. The predicted octanol–water partition coefficient (Wildman–Crippen LogP) is 3.96. The summed E-state index contributed by atoms with van der Waals surface area (Å²) in [6.45, 7) is 9.54. The van der Waals surface area contributed by atoms with Crippen molar-refractivity contribution < 1.29 is 9.47 Å². The maximum Gasteiger partial charge on any atom is 0.190 e. The molecule has 6 heteroatoms. The summed E-state index contributed by atoms with van der Waals surface area (Å²) < 4.78 is 11.2. The summed E-state index contributed by atoms with van der Waals surface area (Å²) in [4.78, 5) is 4.35. The third kappa shape index (κ3) is 11.3. The summed E-state index contributed by atoms with van der Waals surface area (Å²) in [7, 11) is 1.84. The second kappa shape index (κ2) is 16.1. The Bertz CT molecular complexity index is 335. The van der Waals surface area contributed by atoms with Crippen LogP contribution in [0.5, 0.6) is 0 Å². The number of nitrogens with zero attached hydrogens (tertiary/aromatic N) is 1. The lowest BCUT2D eigenvalue weighted by Gasteiger charge is -2.30. The average Bonchev–Trinajstić information content (AvgIpc) is 3.06. The lowest BCUT2D eigenvalue weighted by molar-refractivity contribution is 0.105. The summed E-state index contributed by atoms with van der Waals surface area (Å²) in [6, 6.07) is 0. The van der Waals surface area contributed by atoms with Gasteiger partial charge in [0.2, 0.25) is 0 Å². The van der Waals surface area contributed by atoms with E-state index in [1.54, 1.807) is 0 Å². The molecular weight excluding hydrogens is 429 g/mol. The maximum atomic E-state index is 5.59. The molecule has 0 radical (unpaired) electrons. The van der Waals surface area contributed by atoms with Crippen LogP contribution in [0.25, 0.3) is 0 Å². The van der Waals surface area contributed by atoms with Crippen molar-refractivity contribution in [3.63, 3.8) is 0 Å². The lowest BCUT2D eigenvalue weighted by Crippen LogP contribution is -2.43. The van der Waals surface area contributed by atoms with Crippen LogP contribution in [0, 0.1) is 5.41 Å². The normalized spacial score (nSPS) is 16.5. The minimum absolute atomic E-state index is 0. The number of aliphatic imine (C=N–C) groups is 1. The Balaban J connectivity index is 0.00000576. The fraction of sp³-hybridized carbons (Fsp3) is 0.947. The number of hydrogen-bond acceptors (Lipinski definition) is 3. The summed E-state index contributed by atoms with van der Waals surface area (Å²) in [6.07, 6.45) is 9.80. The zero-order chi connectivity index (χ0) is 17.5. The zero-order valence-electron chi connectivity index (χ0n) is 16.6. The average molecular weight is 469 g/mol. The zero-order valence-corrected chi connectivity index (χ0v) is 18.9. The van der Waals surface area contributed by atoms with Gasteiger partial charge >= 0.3 is 0 Å². The molecule has 0 amide bonds. The molecule has 5 nitrogen and oxygen atoms in total. The molecule has 150 valence electrons. The van der Waals surface area contributed by atoms with Crippen LogP contribution in [0.15, 0.2) is 4.99 Å². The van der Waals surface area contributed by atoms with Crippen LogP contribution < -0.4 is 10.6 Å². The van der Waals surface area contributed by atoms with E-state index >= 15 is 0 Å². The Morgan fingerprint density at radius 3 is 2.36 bits per heavy atom. The molecule has 0 atom stereocenters. The van der Waals surface area contributed by atoms with E-state index in [0.717, 1.165) is 64.7 Å². The van der Waals surface area contributed by atoms with Gasteiger partial charge in [0.25, 0.3) is 0 Å². The number of halogens is 1. The van der Waals surface area contributed by atoms with Gasteiger partial charge in [0.15, 0.2) is 5.96 Å². The number of rotatable bonds is 13. The highest BCUT2D eigenvalue weighted by Gasteiger charge is 2.33. The predicted molar refractivity (Wildman–Crippen MR) is 117 cm³/mol. The lowest BCUT2D eigenvalue weighted by atomic mass is 9.83. The largest absolute Gasteiger partial charge is 0.382 e. The molecule has 0 saturated heterocycles. The number of nitrogens with one attached hydrogen (secondary N) is 2. The standard InChI is InChI=1S/C19H39N3O2.HI/c1-4-6-14-24-15-9-13-21-18(20-3)22-17-19(10-7-8-11-19)12-16-23-5-2;/h4-17H2,1-3H3,(H2,20,21,22);1H. The molecular formula is C19H40IN3O2. The van der Waals surface area contributed by atoms with Crippen molar-refractivity contribution in [2.45, 2.75) is 65.2 Å². The molecule has 0 spiro atoms. The Kier molecular flexibility index (Phi) is 16.1. The van der Waals surface area contributed by atoms with Crippen LogP contribution in [0.2, 0.25) is 0 Å². The molecule has 0 unspecified atom stereocenters. The summed E-state index contributed by atoms with van der Waals surface area (Å²) in [5.41, 5.74) is 0.385. The highest BCUT2D eigenvalue weighted by molar-refractivity contribution is 14.0. The van der Waals surface area contributed by atoms with Crippen LogP contribution in [-0.2, 0) is 9.47 Å².